The van der Waals surface area contributed by atoms with Gasteiger partial charge in [-0.15, -0.1) is 11.3 Å². The van der Waals surface area contributed by atoms with Gasteiger partial charge in [0.15, 0.2) is 0 Å². The van der Waals surface area contributed by atoms with Crippen molar-refractivity contribution in [2.24, 2.45) is 0 Å². The summed E-state index contributed by atoms with van der Waals surface area (Å²) in [5, 5.41) is 2.82. The highest BCUT2D eigenvalue weighted by Crippen LogP contribution is 2.13. The van der Waals surface area contributed by atoms with Crippen molar-refractivity contribution < 1.29 is 4.74 Å². The lowest BCUT2D eigenvalue weighted by molar-refractivity contribution is 0.109. The lowest BCUT2D eigenvalue weighted by atomic mass is 10.2. The van der Waals surface area contributed by atoms with E-state index in [0.717, 1.165) is 10.6 Å². The van der Waals surface area contributed by atoms with Crippen LogP contribution in [-0.2, 0) is 18.0 Å². The van der Waals surface area contributed by atoms with E-state index in [4.69, 9.17) is 16.3 Å². The maximum absolute atomic E-state index is 5.79. The fraction of sp³-hybridized carbons (Fsp3) is 0.167. The van der Waals surface area contributed by atoms with Gasteiger partial charge in [-0.2, -0.15) is 0 Å². The highest BCUT2D eigenvalue weighted by molar-refractivity contribution is 7.09. The zero-order chi connectivity index (χ0) is 10.5. The molecule has 0 aliphatic heterocycles. The molecular formula is C12H11ClOS. The fourth-order valence-corrected chi connectivity index (χ4v) is 2.01. The topological polar surface area (TPSA) is 9.23 Å². The third kappa shape index (κ3) is 3.34. The lowest BCUT2D eigenvalue weighted by Gasteiger charge is -2.02. The van der Waals surface area contributed by atoms with Crippen LogP contribution in [0.4, 0.5) is 0 Å². The number of benzene rings is 1. The van der Waals surface area contributed by atoms with Crippen molar-refractivity contribution in [2.75, 3.05) is 0 Å². The van der Waals surface area contributed by atoms with Gasteiger partial charge in [-0.05, 0) is 29.1 Å². The van der Waals surface area contributed by atoms with Gasteiger partial charge in [0.05, 0.1) is 13.2 Å². The standard InChI is InChI=1S/C12H11ClOS/c13-11-5-3-10(4-6-11)8-14-9-12-2-1-7-15-12/h1-7H,8-9H2. The second kappa shape index (κ2) is 5.31. The number of thiophene rings is 1. The molecule has 0 fully saturated rings. The van der Waals surface area contributed by atoms with Gasteiger partial charge < -0.3 is 4.74 Å². The molecule has 0 atom stereocenters. The zero-order valence-corrected chi connectivity index (χ0v) is 9.72. The number of ether oxygens (including phenoxy) is 1. The molecule has 0 amide bonds. The number of halogens is 1. The Labute approximate surface area is 98.3 Å². The van der Waals surface area contributed by atoms with Crippen molar-refractivity contribution in [1.82, 2.24) is 0 Å². The quantitative estimate of drug-likeness (QED) is 0.779. The fourth-order valence-electron chi connectivity index (χ4n) is 1.24. The third-order valence-corrected chi connectivity index (χ3v) is 3.11. The summed E-state index contributed by atoms with van der Waals surface area (Å²) >= 11 is 7.50. The SMILES string of the molecule is Clc1ccc(COCc2cccs2)cc1. The van der Waals surface area contributed by atoms with E-state index in [-0.39, 0.29) is 0 Å². The van der Waals surface area contributed by atoms with Crippen LogP contribution in [0.1, 0.15) is 10.4 Å². The molecular weight excluding hydrogens is 228 g/mol. The molecule has 0 spiro atoms. The van der Waals surface area contributed by atoms with Crippen molar-refractivity contribution in [3.05, 3.63) is 57.2 Å². The normalized spacial score (nSPS) is 10.5. The van der Waals surface area contributed by atoms with E-state index in [1.807, 2.05) is 30.3 Å². The predicted octanol–water partition coefficient (Wildman–Crippen LogP) is 4.12. The molecule has 78 valence electrons. The maximum atomic E-state index is 5.79. The second-order valence-electron chi connectivity index (χ2n) is 3.20. The molecule has 0 radical (unpaired) electrons. The molecule has 1 nitrogen and oxygen atoms in total. The van der Waals surface area contributed by atoms with Crippen LogP contribution in [0.3, 0.4) is 0 Å². The van der Waals surface area contributed by atoms with Gasteiger partial charge in [0, 0.05) is 9.90 Å². The molecule has 0 saturated carbocycles. The molecule has 1 aromatic carbocycles. The highest BCUT2D eigenvalue weighted by Gasteiger charge is 1.95. The van der Waals surface area contributed by atoms with E-state index >= 15 is 0 Å². The van der Waals surface area contributed by atoms with Gasteiger partial charge in [-0.3, -0.25) is 0 Å². The summed E-state index contributed by atoms with van der Waals surface area (Å²) in [6.45, 7) is 1.31. The van der Waals surface area contributed by atoms with Crippen LogP contribution in [0.15, 0.2) is 41.8 Å². The third-order valence-electron chi connectivity index (χ3n) is 2.01. The molecule has 0 unspecified atom stereocenters. The Morgan fingerprint density at radius 2 is 1.87 bits per heavy atom. The Hall–Kier alpha value is -0.830. The summed E-state index contributed by atoms with van der Waals surface area (Å²) in [6.07, 6.45) is 0. The van der Waals surface area contributed by atoms with E-state index in [0.29, 0.717) is 13.2 Å². The predicted molar refractivity (Wildman–Crippen MR) is 64.3 cm³/mol. The maximum Gasteiger partial charge on any atom is 0.0813 e. The Morgan fingerprint density at radius 3 is 2.53 bits per heavy atom. The monoisotopic (exact) mass is 238 g/mol. The van der Waals surface area contributed by atoms with Gasteiger partial charge in [0.1, 0.15) is 0 Å². The van der Waals surface area contributed by atoms with Crippen molar-refractivity contribution in [1.29, 1.82) is 0 Å². The van der Waals surface area contributed by atoms with E-state index in [9.17, 15) is 0 Å². The molecule has 2 rings (SSSR count). The van der Waals surface area contributed by atoms with E-state index in [2.05, 4.69) is 11.4 Å². The number of hydrogen-bond acceptors (Lipinski definition) is 2. The number of rotatable bonds is 4. The Kier molecular flexibility index (Phi) is 3.78. The molecule has 1 aromatic heterocycles. The summed E-state index contributed by atoms with van der Waals surface area (Å²) in [6, 6.07) is 11.8. The molecule has 15 heavy (non-hydrogen) atoms. The molecule has 0 aliphatic rings. The van der Waals surface area contributed by atoms with E-state index < -0.39 is 0 Å². The van der Waals surface area contributed by atoms with Gasteiger partial charge in [0.25, 0.3) is 0 Å². The molecule has 0 aliphatic carbocycles. The molecule has 1 heterocycles. The molecule has 3 heteroatoms. The summed E-state index contributed by atoms with van der Waals surface area (Å²) in [4.78, 5) is 1.25. The van der Waals surface area contributed by atoms with Gasteiger partial charge in [0.2, 0.25) is 0 Å². The minimum atomic E-state index is 0.634. The lowest BCUT2D eigenvalue weighted by Crippen LogP contribution is -1.91. The first-order chi connectivity index (χ1) is 7.34. The van der Waals surface area contributed by atoms with Crippen LogP contribution in [0.2, 0.25) is 5.02 Å². The first-order valence-corrected chi connectivity index (χ1v) is 5.95. The summed E-state index contributed by atoms with van der Waals surface area (Å²) in [5.41, 5.74) is 1.15. The van der Waals surface area contributed by atoms with Crippen LogP contribution in [0.5, 0.6) is 0 Å². The largest absolute Gasteiger partial charge is 0.371 e. The summed E-state index contributed by atoms with van der Waals surface area (Å²) in [7, 11) is 0. The average molecular weight is 239 g/mol. The summed E-state index contributed by atoms with van der Waals surface area (Å²) < 4.78 is 5.57. The van der Waals surface area contributed by atoms with Crippen molar-refractivity contribution in [3.8, 4) is 0 Å². The van der Waals surface area contributed by atoms with Crippen molar-refractivity contribution in [3.63, 3.8) is 0 Å². The first-order valence-electron chi connectivity index (χ1n) is 4.69. The van der Waals surface area contributed by atoms with Crippen LogP contribution < -0.4 is 0 Å². The van der Waals surface area contributed by atoms with Crippen LogP contribution in [0.25, 0.3) is 0 Å². The first kappa shape index (κ1) is 10.7. The minimum absolute atomic E-state index is 0.634. The van der Waals surface area contributed by atoms with Gasteiger partial charge in [-0.25, -0.2) is 0 Å². The van der Waals surface area contributed by atoms with Crippen molar-refractivity contribution in [2.45, 2.75) is 13.2 Å². The Morgan fingerprint density at radius 1 is 1.07 bits per heavy atom. The van der Waals surface area contributed by atoms with Crippen LogP contribution >= 0.6 is 22.9 Å². The van der Waals surface area contributed by atoms with Crippen molar-refractivity contribution >= 4 is 22.9 Å². The van der Waals surface area contributed by atoms with Crippen LogP contribution in [-0.4, -0.2) is 0 Å². The molecule has 0 bridgehead atoms. The molecule has 2 aromatic rings. The summed E-state index contributed by atoms with van der Waals surface area (Å²) in [5.74, 6) is 0. The Bertz CT molecular complexity index is 394. The van der Waals surface area contributed by atoms with E-state index in [1.165, 1.54) is 4.88 Å². The minimum Gasteiger partial charge on any atom is -0.371 e. The molecule has 0 saturated heterocycles. The van der Waals surface area contributed by atoms with Gasteiger partial charge in [-0.1, -0.05) is 29.8 Å². The Balaban J connectivity index is 1.81. The average Bonchev–Trinajstić information content (AvgIpc) is 2.74. The van der Waals surface area contributed by atoms with Crippen LogP contribution in [0, 0.1) is 0 Å². The molecule has 0 N–H and O–H groups in total. The zero-order valence-electron chi connectivity index (χ0n) is 8.15. The van der Waals surface area contributed by atoms with Gasteiger partial charge >= 0.3 is 0 Å². The smallest absolute Gasteiger partial charge is 0.0813 e. The number of hydrogen-bond donors (Lipinski definition) is 0. The second-order valence-corrected chi connectivity index (χ2v) is 4.67. The van der Waals surface area contributed by atoms with E-state index in [1.54, 1.807) is 11.3 Å². The highest BCUT2D eigenvalue weighted by atomic mass is 35.5.